The quantitative estimate of drug-likeness (QED) is 0.858. The van der Waals surface area contributed by atoms with Gasteiger partial charge in [0.25, 0.3) is 0 Å². The molecule has 1 atom stereocenters. The molecule has 0 saturated heterocycles. The van der Waals surface area contributed by atoms with Crippen molar-refractivity contribution in [1.29, 1.82) is 0 Å². The first-order valence-electron chi connectivity index (χ1n) is 7.08. The molecule has 0 fully saturated rings. The van der Waals surface area contributed by atoms with Crippen LogP contribution in [0.4, 0.5) is 4.79 Å². The maximum absolute atomic E-state index is 12.1. The standard InChI is InChI=1S/C14H19ClN2O6S/c1-14(2,3)23-13(18)17(24(16,19)20)7-10-8-21-12-6-9(15)4-5-11(12)22-10/h4-6,10H,7-8H2,1-3H3,(H2,16,19,20)/i5+2. The highest BCUT2D eigenvalue weighted by Gasteiger charge is 2.34. The minimum Gasteiger partial charge on any atom is -0.486 e. The maximum atomic E-state index is 12.1. The third kappa shape index (κ3) is 4.89. The molecule has 1 aromatic rings. The summed E-state index contributed by atoms with van der Waals surface area (Å²) < 4.78 is 40.0. The number of hydrogen-bond donors (Lipinski definition) is 1. The van der Waals surface area contributed by atoms with Gasteiger partial charge in [0.15, 0.2) is 17.6 Å². The van der Waals surface area contributed by atoms with E-state index in [1.807, 2.05) is 0 Å². The minimum absolute atomic E-state index is 0.0299. The predicted molar refractivity (Wildman–Crippen MR) is 87.4 cm³/mol. The van der Waals surface area contributed by atoms with Gasteiger partial charge in [-0.15, -0.1) is 0 Å². The van der Waals surface area contributed by atoms with Crippen molar-refractivity contribution in [3.05, 3.63) is 23.2 Å². The molecule has 134 valence electrons. The highest BCUT2D eigenvalue weighted by Crippen LogP contribution is 2.34. The summed E-state index contributed by atoms with van der Waals surface area (Å²) in [6.07, 6.45) is -1.81. The van der Waals surface area contributed by atoms with Gasteiger partial charge < -0.3 is 14.2 Å². The van der Waals surface area contributed by atoms with Gasteiger partial charge in [0.2, 0.25) is 0 Å². The number of benzene rings is 1. The summed E-state index contributed by atoms with van der Waals surface area (Å²) in [7, 11) is -4.32. The van der Waals surface area contributed by atoms with E-state index in [2.05, 4.69) is 0 Å². The molecule has 1 amide bonds. The Bertz CT molecular complexity index is 731. The Labute approximate surface area is 145 Å². The van der Waals surface area contributed by atoms with E-state index in [0.29, 0.717) is 20.8 Å². The van der Waals surface area contributed by atoms with Crippen molar-refractivity contribution >= 4 is 27.9 Å². The molecule has 0 bridgehead atoms. The van der Waals surface area contributed by atoms with Crippen molar-refractivity contribution in [3.63, 3.8) is 0 Å². The fraction of sp³-hybridized carbons (Fsp3) is 0.500. The molecule has 1 aliphatic rings. The van der Waals surface area contributed by atoms with Gasteiger partial charge in [-0.2, -0.15) is 12.7 Å². The van der Waals surface area contributed by atoms with Gasteiger partial charge in [-0.1, -0.05) is 11.6 Å². The first-order chi connectivity index (χ1) is 11.0. The number of amides is 1. The maximum Gasteiger partial charge on any atom is 0.425 e. The topological polar surface area (TPSA) is 108 Å². The van der Waals surface area contributed by atoms with Gasteiger partial charge in [-0.05, 0) is 32.9 Å². The van der Waals surface area contributed by atoms with E-state index in [4.69, 9.17) is 31.0 Å². The summed E-state index contributed by atoms with van der Waals surface area (Å²) >= 11 is 5.86. The normalized spacial score (nSPS) is 17.3. The molecule has 1 unspecified atom stereocenters. The number of hydrogen-bond acceptors (Lipinski definition) is 6. The Kier molecular flexibility index (Phi) is 5.17. The van der Waals surface area contributed by atoms with E-state index < -0.39 is 28.0 Å². The fourth-order valence-electron chi connectivity index (χ4n) is 1.96. The van der Waals surface area contributed by atoms with Crippen LogP contribution < -0.4 is 14.6 Å². The van der Waals surface area contributed by atoms with Gasteiger partial charge in [0, 0.05) is 11.1 Å². The predicted octanol–water partition coefficient (Wildman–Crippen LogP) is 1.92. The van der Waals surface area contributed by atoms with E-state index in [1.54, 1.807) is 39.0 Å². The lowest BCUT2D eigenvalue weighted by molar-refractivity contribution is 0.0265. The number of halogens is 1. The number of carbonyl (C=O) groups is 1. The average molecular weight is 381 g/mol. The number of carbonyl (C=O) groups excluding carboxylic acids is 1. The largest absolute Gasteiger partial charge is 0.486 e. The van der Waals surface area contributed by atoms with Gasteiger partial charge in [-0.25, -0.2) is 9.93 Å². The van der Waals surface area contributed by atoms with Crippen molar-refractivity contribution in [3.8, 4) is 11.5 Å². The average Bonchev–Trinajstić information content (AvgIpc) is 2.41. The molecule has 10 heteroatoms. The van der Waals surface area contributed by atoms with Crippen LogP contribution in [0.2, 0.25) is 5.02 Å². The van der Waals surface area contributed by atoms with E-state index in [1.165, 1.54) is 0 Å². The molecule has 1 aliphatic heterocycles. The molecule has 2 rings (SSSR count). The van der Waals surface area contributed by atoms with Crippen LogP contribution >= 0.6 is 11.6 Å². The molecule has 1 aromatic carbocycles. The number of nitrogens with zero attached hydrogens (tertiary/aromatic N) is 1. The monoisotopic (exact) mass is 380 g/mol. The first-order valence-corrected chi connectivity index (χ1v) is 8.96. The molecule has 0 aromatic heterocycles. The van der Waals surface area contributed by atoms with Crippen molar-refractivity contribution in [1.82, 2.24) is 4.31 Å². The Morgan fingerprint density at radius 3 is 2.79 bits per heavy atom. The van der Waals surface area contributed by atoms with Gasteiger partial charge in [0.1, 0.15) is 12.2 Å². The van der Waals surface area contributed by atoms with Crippen LogP contribution in [0.3, 0.4) is 0 Å². The summed E-state index contributed by atoms with van der Waals surface area (Å²) in [6, 6.07) is 4.79. The number of rotatable bonds is 3. The van der Waals surface area contributed by atoms with Gasteiger partial charge in [0.05, 0.1) is 6.54 Å². The first kappa shape index (κ1) is 18.6. The Morgan fingerprint density at radius 1 is 1.54 bits per heavy atom. The summed E-state index contributed by atoms with van der Waals surface area (Å²) in [5, 5.41) is 5.60. The van der Waals surface area contributed by atoms with Crippen LogP contribution in [0.5, 0.6) is 11.5 Å². The third-order valence-corrected chi connectivity index (χ3v) is 4.05. The lowest BCUT2D eigenvalue weighted by Crippen LogP contribution is -2.50. The molecule has 0 aliphatic carbocycles. The second-order valence-corrected chi connectivity index (χ2v) is 8.11. The van der Waals surface area contributed by atoms with Crippen LogP contribution in [-0.2, 0) is 14.9 Å². The lowest BCUT2D eigenvalue weighted by Gasteiger charge is -2.31. The summed E-state index contributed by atoms with van der Waals surface area (Å²) in [5.41, 5.74) is -0.868. The van der Waals surface area contributed by atoms with Crippen LogP contribution in [0.15, 0.2) is 18.2 Å². The molecule has 8 nitrogen and oxygen atoms in total. The Balaban J connectivity index is 2.14. The van der Waals surface area contributed by atoms with Crippen LogP contribution in [0.1, 0.15) is 20.8 Å². The SMILES string of the molecule is CC(C)(C)OC(=O)N(CC1COc2cc(Cl)c[14cH]c2O1)S(N)(=O)=O. The molecule has 0 saturated carbocycles. The molecule has 0 radical (unpaired) electrons. The highest BCUT2D eigenvalue weighted by molar-refractivity contribution is 7.87. The highest BCUT2D eigenvalue weighted by atomic mass is 35.5. The smallest absolute Gasteiger partial charge is 0.425 e. The van der Waals surface area contributed by atoms with Crippen LogP contribution in [-0.4, -0.2) is 43.7 Å². The third-order valence-electron chi connectivity index (χ3n) is 2.90. The zero-order valence-electron chi connectivity index (χ0n) is 13.5. The van der Waals surface area contributed by atoms with Crippen LogP contribution in [0.25, 0.3) is 0 Å². The zero-order valence-corrected chi connectivity index (χ0v) is 15.1. The Morgan fingerprint density at radius 2 is 2.21 bits per heavy atom. The van der Waals surface area contributed by atoms with E-state index in [9.17, 15) is 13.2 Å². The molecular formula is C14H19ClN2O6S. The fourth-order valence-corrected chi connectivity index (χ4v) is 2.74. The van der Waals surface area contributed by atoms with Crippen molar-refractivity contribution in [2.24, 2.45) is 5.14 Å². The van der Waals surface area contributed by atoms with E-state index in [-0.39, 0.29) is 13.2 Å². The molecule has 0 spiro atoms. The molecule has 1 heterocycles. The van der Waals surface area contributed by atoms with Gasteiger partial charge >= 0.3 is 16.3 Å². The molecule has 2 N–H and O–H groups in total. The number of ether oxygens (including phenoxy) is 3. The van der Waals surface area contributed by atoms with E-state index in [0.717, 1.165) is 0 Å². The molecule has 24 heavy (non-hydrogen) atoms. The zero-order chi connectivity index (χ0) is 18.1. The lowest BCUT2D eigenvalue weighted by atomic mass is 10.2. The second kappa shape index (κ2) is 6.66. The Hall–Kier alpha value is -1.71. The van der Waals surface area contributed by atoms with Crippen molar-refractivity contribution < 1.29 is 27.4 Å². The minimum atomic E-state index is -4.32. The summed E-state index contributed by atoms with van der Waals surface area (Å²) in [5.74, 6) is 0.840. The number of nitrogens with two attached hydrogens (primary N) is 1. The second-order valence-electron chi connectivity index (χ2n) is 6.20. The molecular weight excluding hydrogens is 362 g/mol. The number of fused-ring (bicyclic) bond motifs is 1. The van der Waals surface area contributed by atoms with Crippen molar-refractivity contribution in [2.75, 3.05) is 13.2 Å². The van der Waals surface area contributed by atoms with E-state index >= 15 is 0 Å². The van der Waals surface area contributed by atoms with Crippen molar-refractivity contribution in [2.45, 2.75) is 32.5 Å². The van der Waals surface area contributed by atoms with Gasteiger partial charge in [-0.3, -0.25) is 0 Å². The summed E-state index contributed by atoms with van der Waals surface area (Å²) in [4.78, 5) is 12.1. The summed E-state index contributed by atoms with van der Waals surface area (Å²) in [6.45, 7) is 4.54. The van der Waals surface area contributed by atoms with Crippen LogP contribution in [0, 0.1) is 0 Å².